The topological polar surface area (TPSA) is 70.2 Å². The standard InChI is InChI=1S/C20H26F3N3O2/c1-3-4-12-10-16(14-9-11(2)5-7-15(14)24-12)25-18(27)13-6-8-17(20(21,22)23)26-19(13)28/h5,7,9,12-13,16-17,24H,3-4,6,8,10H2,1-2H3,(H,25,27)(H,26,28)/t12-,13?,16?,17?/m0/s1. The zero-order valence-corrected chi connectivity index (χ0v) is 16.0. The number of aryl methyl sites for hydroxylation is 1. The third kappa shape index (κ3) is 4.42. The summed E-state index contributed by atoms with van der Waals surface area (Å²) in [6, 6.07) is 4.02. The number of hydrogen-bond donors (Lipinski definition) is 3. The molecule has 2 aliphatic heterocycles. The highest BCUT2D eigenvalue weighted by Crippen LogP contribution is 2.35. The monoisotopic (exact) mass is 397 g/mol. The summed E-state index contributed by atoms with van der Waals surface area (Å²) in [5.41, 5.74) is 2.95. The van der Waals surface area contributed by atoms with Gasteiger partial charge in [0, 0.05) is 11.7 Å². The average Bonchev–Trinajstić information content (AvgIpc) is 2.61. The molecule has 5 nitrogen and oxygen atoms in total. The van der Waals surface area contributed by atoms with Crippen LogP contribution in [-0.2, 0) is 9.59 Å². The van der Waals surface area contributed by atoms with Gasteiger partial charge >= 0.3 is 6.18 Å². The van der Waals surface area contributed by atoms with Crippen LogP contribution in [0.3, 0.4) is 0 Å². The molecule has 2 aliphatic rings. The van der Waals surface area contributed by atoms with E-state index in [1.54, 1.807) is 0 Å². The Morgan fingerprint density at radius 1 is 1.25 bits per heavy atom. The molecule has 0 aliphatic carbocycles. The molecule has 3 unspecified atom stereocenters. The summed E-state index contributed by atoms with van der Waals surface area (Å²) in [5, 5.41) is 8.35. The molecule has 0 spiro atoms. The highest BCUT2D eigenvalue weighted by molar-refractivity contribution is 6.01. The van der Waals surface area contributed by atoms with Crippen LogP contribution in [0.4, 0.5) is 18.9 Å². The van der Waals surface area contributed by atoms with Crippen LogP contribution in [0.15, 0.2) is 18.2 Å². The van der Waals surface area contributed by atoms with Crippen LogP contribution in [-0.4, -0.2) is 30.1 Å². The van der Waals surface area contributed by atoms with Crippen molar-refractivity contribution in [3.8, 4) is 0 Å². The molecule has 154 valence electrons. The lowest BCUT2D eigenvalue weighted by Gasteiger charge is -2.35. The second-order valence-corrected chi connectivity index (χ2v) is 7.75. The Morgan fingerprint density at radius 2 is 2.00 bits per heavy atom. The second kappa shape index (κ2) is 8.01. The molecular weight excluding hydrogens is 371 g/mol. The zero-order valence-electron chi connectivity index (χ0n) is 16.0. The number of amides is 2. The first-order chi connectivity index (χ1) is 13.2. The molecule has 1 aromatic rings. The fraction of sp³-hybridized carbons (Fsp3) is 0.600. The Morgan fingerprint density at radius 3 is 2.64 bits per heavy atom. The van der Waals surface area contributed by atoms with Crippen LogP contribution >= 0.6 is 0 Å². The van der Waals surface area contributed by atoms with Gasteiger partial charge in [-0.15, -0.1) is 0 Å². The predicted molar refractivity (Wildman–Crippen MR) is 99.7 cm³/mol. The molecule has 2 amide bonds. The third-order valence-corrected chi connectivity index (χ3v) is 5.50. The first kappa shape index (κ1) is 20.5. The van der Waals surface area contributed by atoms with E-state index >= 15 is 0 Å². The van der Waals surface area contributed by atoms with E-state index in [4.69, 9.17) is 0 Å². The maximum absolute atomic E-state index is 12.8. The minimum Gasteiger partial charge on any atom is -0.382 e. The number of alkyl halides is 3. The van der Waals surface area contributed by atoms with Crippen LogP contribution in [0, 0.1) is 12.8 Å². The Labute approximate surface area is 162 Å². The number of carbonyl (C=O) groups excluding carboxylic acids is 2. The van der Waals surface area contributed by atoms with E-state index in [2.05, 4.69) is 17.6 Å². The smallest absolute Gasteiger partial charge is 0.382 e. The lowest BCUT2D eigenvalue weighted by Crippen LogP contribution is -2.55. The van der Waals surface area contributed by atoms with E-state index < -0.39 is 30.0 Å². The largest absolute Gasteiger partial charge is 0.408 e. The van der Waals surface area contributed by atoms with Crippen molar-refractivity contribution in [2.24, 2.45) is 5.92 Å². The van der Waals surface area contributed by atoms with Gasteiger partial charge in [0.2, 0.25) is 11.8 Å². The highest BCUT2D eigenvalue weighted by atomic mass is 19.4. The van der Waals surface area contributed by atoms with Gasteiger partial charge in [0.1, 0.15) is 12.0 Å². The van der Waals surface area contributed by atoms with Crippen molar-refractivity contribution in [1.29, 1.82) is 0 Å². The molecule has 1 saturated heterocycles. The van der Waals surface area contributed by atoms with Crippen molar-refractivity contribution in [3.63, 3.8) is 0 Å². The normalized spacial score (nSPS) is 27.4. The molecule has 0 aromatic heterocycles. The molecule has 1 aromatic carbocycles. The molecule has 0 bridgehead atoms. The molecule has 1 fully saturated rings. The number of fused-ring (bicyclic) bond motifs is 1. The van der Waals surface area contributed by atoms with Crippen molar-refractivity contribution in [3.05, 3.63) is 29.3 Å². The number of nitrogens with one attached hydrogen (secondary N) is 3. The second-order valence-electron chi connectivity index (χ2n) is 7.75. The van der Waals surface area contributed by atoms with Crippen LogP contribution in [0.5, 0.6) is 0 Å². The molecular formula is C20H26F3N3O2. The molecule has 3 rings (SSSR count). The van der Waals surface area contributed by atoms with Gasteiger partial charge in [-0.25, -0.2) is 0 Å². The van der Waals surface area contributed by atoms with Crippen LogP contribution in [0.2, 0.25) is 0 Å². The number of piperidine rings is 1. The van der Waals surface area contributed by atoms with E-state index in [0.29, 0.717) is 6.42 Å². The summed E-state index contributed by atoms with van der Waals surface area (Å²) < 4.78 is 38.4. The number of benzene rings is 1. The SMILES string of the molecule is CCC[C@H]1CC(NC(=O)C2CCC(C(F)(F)F)NC2=O)c2cc(C)ccc2N1. The number of rotatable bonds is 4. The van der Waals surface area contributed by atoms with Crippen LogP contribution < -0.4 is 16.0 Å². The number of carbonyl (C=O) groups is 2. The molecule has 0 radical (unpaired) electrons. The van der Waals surface area contributed by atoms with Crippen molar-refractivity contribution in [1.82, 2.24) is 10.6 Å². The summed E-state index contributed by atoms with van der Waals surface area (Å²) in [6.45, 7) is 4.05. The molecule has 4 atom stereocenters. The summed E-state index contributed by atoms with van der Waals surface area (Å²) in [5.74, 6) is -2.45. The molecule has 28 heavy (non-hydrogen) atoms. The minimum atomic E-state index is -4.49. The summed E-state index contributed by atoms with van der Waals surface area (Å²) in [7, 11) is 0. The maximum Gasteiger partial charge on any atom is 0.408 e. The van der Waals surface area contributed by atoms with Gasteiger partial charge in [-0.2, -0.15) is 13.2 Å². The first-order valence-electron chi connectivity index (χ1n) is 9.73. The highest BCUT2D eigenvalue weighted by Gasteiger charge is 2.46. The summed E-state index contributed by atoms with van der Waals surface area (Å²) in [4.78, 5) is 24.8. The van der Waals surface area contributed by atoms with Gasteiger partial charge in [-0.3, -0.25) is 9.59 Å². The van der Waals surface area contributed by atoms with Crippen LogP contribution in [0.1, 0.15) is 56.2 Å². The maximum atomic E-state index is 12.8. The zero-order chi connectivity index (χ0) is 20.5. The Kier molecular flexibility index (Phi) is 5.86. The average molecular weight is 397 g/mol. The lowest BCUT2D eigenvalue weighted by molar-refractivity contribution is -0.171. The summed E-state index contributed by atoms with van der Waals surface area (Å²) in [6.07, 6.45) is -2.27. The fourth-order valence-electron chi connectivity index (χ4n) is 4.04. The lowest BCUT2D eigenvalue weighted by atomic mass is 9.88. The number of anilines is 1. The van der Waals surface area contributed by atoms with Gasteiger partial charge in [0.15, 0.2) is 0 Å². The van der Waals surface area contributed by atoms with E-state index in [1.807, 2.05) is 30.4 Å². The Hall–Kier alpha value is -2.25. The van der Waals surface area contributed by atoms with Gasteiger partial charge in [0.25, 0.3) is 0 Å². The van der Waals surface area contributed by atoms with Gasteiger partial charge in [0.05, 0.1) is 6.04 Å². The van der Waals surface area contributed by atoms with E-state index in [1.165, 1.54) is 0 Å². The predicted octanol–water partition coefficient (Wildman–Crippen LogP) is 3.59. The molecule has 0 saturated carbocycles. The number of hydrogen-bond acceptors (Lipinski definition) is 3. The Bertz CT molecular complexity index is 751. The van der Waals surface area contributed by atoms with E-state index in [-0.39, 0.29) is 24.9 Å². The quantitative estimate of drug-likeness (QED) is 0.680. The van der Waals surface area contributed by atoms with Gasteiger partial charge < -0.3 is 16.0 Å². The fourth-order valence-corrected chi connectivity index (χ4v) is 4.04. The van der Waals surface area contributed by atoms with Crippen LogP contribution in [0.25, 0.3) is 0 Å². The Balaban J connectivity index is 1.73. The van der Waals surface area contributed by atoms with Crippen molar-refractivity contribution in [2.75, 3.05) is 5.32 Å². The molecule has 3 N–H and O–H groups in total. The van der Waals surface area contributed by atoms with Gasteiger partial charge in [-0.05, 0) is 44.2 Å². The van der Waals surface area contributed by atoms with Crippen molar-refractivity contribution in [2.45, 2.75) is 70.3 Å². The minimum absolute atomic E-state index is 0.105. The number of halogens is 3. The first-order valence-corrected chi connectivity index (χ1v) is 9.73. The van der Waals surface area contributed by atoms with E-state index in [0.717, 1.165) is 29.7 Å². The molecule has 2 heterocycles. The molecule has 8 heteroatoms. The summed E-state index contributed by atoms with van der Waals surface area (Å²) >= 11 is 0. The third-order valence-electron chi connectivity index (χ3n) is 5.50. The van der Waals surface area contributed by atoms with E-state index in [9.17, 15) is 22.8 Å². The van der Waals surface area contributed by atoms with Crippen molar-refractivity contribution >= 4 is 17.5 Å². The van der Waals surface area contributed by atoms with Crippen molar-refractivity contribution < 1.29 is 22.8 Å². The van der Waals surface area contributed by atoms with Gasteiger partial charge in [-0.1, -0.05) is 31.0 Å².